The maximum absolute atomic E-state index is 12.0. The lowest BCUT2D eigenvalue weighted by Crippen LogP contribution is -2.05. The molecule has 0 radical (unpaired) electrons. The van der Waals surface area contributed by atoms with Gasteiger partial charge in [0.1, 0.15) is 10.4 Å². The summed E-state index contributed by atoms with van der Waals surface area (Å²) in [5.41, 5.74) is 1.84. The molecular weight excluding hydrogens is 270 g/mol. The monoisotopic (exact) mass is 285 g/mol. The number of aromatic amines is 1. The Morgan fingerprint density at radius 1 is 1.35 bits per heavy atom. The van der Waals surface area contributed by atoms with Crippen LogP contribution in [0.25, 0.3) is 27.1 Å². The summed E-state index contributed by atoms with van der Waals surface area (Å²) in [6.45, 7) is 2.09. The minimum Gasteiger partial charge on any atom is -0.496 e. The third kappa shape index (κ3) is 1.93. The summed E-state index contributed by atoms with van der Waals surface area (Å²) in [5, 5.41) is 3.99. The molecule has 0 aliphatic heterocycles. The highest BCUT2D eigenvalue weighted by Gasteiger charge is 2.12. The van der Waals surface area contributed by atoms with Gasteiger partial charge in [0, 0.05) is 21.9 Å². The molecule has 3 rings (SSSR count). The fourth-order valence-corrected chi connectivity index (χ4v) is 3.23. The van der Waals surface area contributed by atoms with Crippen molar-refractivity contribution in [1.82, 2.24) is 4.98 Å². The number of benzene rings is 1. The van der Waals surface area contributed by atoms with E-state index in [1.54, 1.807) is 7.11 Å². The number of ether oxygens (including phenoxy) is 1. The van der Waals surface area contributed by atoms with E-state index >= 15 is 0 Å². The molecule has 3 aromatic rings. The number of nitrogens with one attached hydrogen (secondary N) is 1. The van der Waals surface area contributed by atoms with Crippen molar-refractivity contribution in [3.05, 3.63) is 45.6 Å². The highest BCUT2D eigenvalue weighted by atomic mass is 32.1. The number of allylic oxidation sites excluding steroid dienone is 1. The van der Waals surface area contributed by atoms with Gasteiger partial charge in [-0.3, -0.25) is 4.79 Å². The molecule has 0 saturated heterocycles. The molecule has 0 amide bonds. The third-order valence-electron chi connectivity index (χ3n) is 3.33. The van der Waals surface area contributed by atoms with Crippen LogP contribution in [-0.2, 0) is 0 Å². The molecule has 4 heteroatoms. The number of thiophene rings is 1. The fraction of sp³-hybridized carbons (Fsp3) is 0.188. The Kier molecular flexibility index (Phi) is 3.32. The molecule has 0 aliphatic carbocycles. The van der Waals surface area contributed by atoms with E-state index in [1.165, 1.54) is 11.3 Å². The molecule has 0 aliphatic rings. The zero-order chi connectivity index (χ0) is 14.1. The topological polar surface area (TPSA) is 42.1 Å². The molecule has 1 aromatic carbocycles. The Labute approximate surface area is 120 Å². The molecule has 20 heavy (non-hydrogen) atoms. The summed E-state index contributed by atoms with van der Waals surface area (Å²) < 4.78 is 6.23. The molecular formula is C16H15NO2S. The van der Waals surface area contributed by atoms with Crippen molar-refractivity contribution in [2.24, 2.45) is 0 Å². The van der Waals surface area contributed by atoms with Gasteiger partial charge in [0.15, 0.2) is 0 Å². The van der Waals surface area contributed by atoms with Gasteiger partial charge in [-0.1, -0.05) is 19.1 Å². The van der Waals surface area contributed by atoms with Crippen molar-refractivity contribution >= 4 is 38.4 Å². The zero-order valence-electron chi connectivity index (χ0n) is 11.4. The minimum absolute atomic E-state index is 0.0295. The van der Waals surface area contributed by atoms with Gasteiger partial charge in [0.25, 0.3) is 5.56 Å². The molecule has 0 unspecified atom stereocenters. The SMILES string of the molecule is CC/C=C/c1c(OC)ccc2[nH]c(=O)c3sccc3c12. The van der Waals surface area contributed by atoms with Crippen LogP contribution in [-0.4, -0.2) is 12.1 Å². The highest BCUT2D eigenvalue weighted by molar-refractivity contribution is 7.17. The maximum Gasteiger partial charge on any atom is 0.266 e. The summed E-state index contributed by atoms with van der Waals surface area (Å²) in [4.78, 5) is 15.0. The molecule has 0 spiro atoms. The molecule has 3 nitrogen and oxygen atoms in total. The molecule has 0 saturated carbocycles. The highest BCUT2D eigenvalue weighted by Crippen LogP contribution is 2.34. The van der Waals surface area contributed by atoms with E-state index in [1.807, 2.05) is 23.6 Å². The Morgan fingerprint density at radius 2 is 2.20 bits per heavy atom. The molecule has 2 heterocycles. The van der Waals surface area contributed by atoms with Crippen LogP contribution in [0.2, 0.25) is 0 Å². The number of hydrogen-bond acceptors (Lipinski definition) is 3. The van der Waals surface area contributed by atoms with E-state index in [4.69, 9.17) is 4.74 Å². The van der Waals surface area contributed by atoms with Crippen molar-refractivity contribution in [2.45, 2.75) is 13.3 Å². The molecule has 0 atom stereocenters. The van der Waals surface area contributed by atoms with E-state index in [0.717, 1.165) is 38.7 Å². The van der Waals surface area contributed by atoms with Crippen LogP contribution in [0.3, 0.4) is 0 Å². The van der Waals surface area contributed by atoms with Crippen molar-refractivity contribution in [3.8, 4) is 5.75 Å². The summed E-state index contributed by atoms with van der Waals surface area (Å²) in [6.07, 6.45) is 5.12. The van der Waals surface area contributed by atoms with Gasteiger partial charge < -0.3 is 9.72 Å². The van der Waals surface area contributed by atoms with Crippen molar-refractivity contribution in [2.75, 3.05) is 7.11 Å². The van der Waals surface area contributed by atoms with Crippen LogP contribution >= 0.6 is 11.3 Å². The normalized spacial score (nSPS) is 11.7. The second-order valence-electron chi connectivity index (χ2n) is 4.53. The quantitative estimate of drug-likeness (QED) is 0.784. The smallest absolute Gasteiger partial charge is 0.266 e. The first-order chi connectivity index (χ1) is 9.76. The van der Waals surface area contributed by atoms with E-state index in [0.29, 0.717) is 0 Å². The van der Waals surface area contributed by atoms with Gasteiger partial charge in [0.05, 0.1) is 7.11 Å². The summed E-state index contributed by atoms with van der Waals surface area (Å²) in [6, 6.07) is 5.79. The van der Waals surface area contributed by atoms with E-state index < -0.39 is 0 Å². The van der Waals surface area contributed by atoms with Crippen molar-refractivity contribution in [1.29, 1.82) is 0 Å². The Hall–Kier alpha value is -2.07. The number of methoxy groups -OCH3 is 1. The Balaban J connectivity index is 2.51. The van der Waals surface area contributed by atoms with Crippen LogP contribution < -0.4 is 10.3 Å². The molecule has 1 N–H and O–H groups in total. The van der Waals surface area contributed by atoms with E-state index in [2.05, 4.69) is 24.1 Å². The van der Waals surface area contributed by atoms with Crippen molar-refractivity contribution < 1.29 is 4.74 Å². The number of aromatic nitrogens is 1. The second kappa shape index (κ2) is 5.13. The molecule has 0 fully saturated rings. The average Bonchev–Trinajstić information content (AvgIpc) is 2.94. The predicted octanol–water partition coefficient (Wildman–Crippen LogP) is 4.17. The van der Waals surface area contributed by atoms with Gasteiger partial charge in [-0.2, -0.15) is 0 Å². The van der Waals surface area contributed by atoms with Crippen LogP contribution in [0, 0.1) is 0 Å². The van der Waals surface area contributed by atoms with Crippen LogP contribution in [0.15, 0.2) is 34.4 Å². The zero-order valence-corrected chi connectivity index (χ0v) is 12.2. The predicted molar refractivity (Wildman–Crippen MR) is 85.8 cm³/mol. The lowest BCUT2D eigenvalue weighted by atomic mass is 10.0. The minimum atomic E-state index is -0.0295. The maximum atomic E-state index is 12.0. The Morgan fingerprint density at radius 3 is 2.95 bits per heavy atom. The second-order valence-corrected chi connectivity index (χ2v) is 5.45. The Bertz CT molecular complexity index is 858. The van der Waals surface area contributed by atoms with Gasteiger partial charge >= 0.3 is 0 Å². The van der Waals surface area contributed by atoms with Crippen LogP contribution in [0.4, 0.5) is 0 Å². The summed E-state index contributed by atoms with van der Waals surface area (Å²) >= 11 is 1.47. The number of hydrogen-bond donors (Lipinski definition) is 1. The summed E-state index contributed by atoms with van der Waals surface area (Å²) in [7, 11) is 1.67. The van der Waals surface area contributed by atoms with E-state index in [-0.39, 0.29) is 5.56 Å². The van der Waals surface area contributed by atoms with Crippen molar-refractivity contribution in [3.63, 3.8) is 0 Å². The molecule has 2 aromatic heterocycles. The first kappa shape index (κ1) is 12.9. The number of H-pyrrole nitrogens is 1. The lowest BCUT2D eigenvalue weighted by molar-refractivity contribution is 0.414. The standard InChI is InChI=1S/C16H15NO2S/c1-3-4-5-10-13(19-2)7-6-12-14(10)11-8-9-20-15(11)16(18)17-12/h4-9H,3H2,1-2H3,(H,17,18)/b5-4+. The summed E-state index contributed by atoms with van der Waals surface area (Å²) in [5.74, 6) is 0.821. The van der Waals surface area contributed by atoms with Gasteiger partial charge in [-0.15, -0.1) is 11.3 Å². The fourth-order valence-electron chi connectivity index (χ4n) is 2.43. The van der Waals surface area contributed by atoms with Gasteiger partial charge in [-0.25, -0.2) is 0 Å². The number of fused-ring (bicyclic) bond motifs is 3. The first-order valence-corrected chi connectivity index (χ1v) is 7.41. The third-order valence-corrected chi connectivity index (χ3v) is 4.25. The van der Waals surface area contributed by atoms with E-state index in [9.17, 15) is 4.79 Å². The average molecular weight is 285 g/mol. The van der Waals surface area contributed by atoms with Gasteiger partial charge in [0.2, 0.25) is 0 Å². The first-order valence-electron chi connectivity index (χ1n) is 6.53. The van der Waals surface area contributed by atoms with Gasteiger partial charge in [-0.05, 0) is 30.0 Å². The van der Waals surface area contributed by atoms with Crippen LogP contribution in [0.1, 0.15) is 18.9 Å². The number of rotatable bonds is 3. The molecule has 102 valence electrons. The van der Waals surface area contributed by atoms with Crippen LogP contribution in [0.5, 0.6) is 5.75 Å². The molecule has 0 bridgehead atoms. The lowest BCUT2D eigenvalue weighted by Gasteiger charge is -2.10. The number of pyridine rings is 1. The largest absolute Gasteiger partial charge is 0.496 e.